The third kappa shape index (κ3) is 2.87. The maximum atomic E-state index is 6.27. The highest BCUT2D eigenvalue weighted by molar-refractivity contribution is 5.72. The highest BCUT2D eigenvalue weighted by Gasteiger charge is 2.25. The van der Waals surface area contributed by atoms with E-state index in [2.05, 4.69) is 26.7 Å². The Morgan fingerprint density at radius 2 is 2.10 bits per heavy atom. The van der Waals surface area contributed by atoms with Gasteiger partial charge in [0.15, 0.2) is 0 Å². The van der Waals surface area contributed by atoms with Crippen LogP contribution in [0, 0.1) is 12.3 Å². The largest absolute Gasteiger partial charge is 0.497 e. The number of anilines is 1. The van der Waals surface area contributed by atoms with Gasteiger partial charge in [-0.1, -0.05) is 38.8 Å². The summed E-state index contributed by atoms with van der Waals surface area (Å²) in [7, 11) is 1.64. The summed E-state index contributed by atoms with van der Waals surface area (Å²) in [6, 6.07) is 7.70. The van der Waals surface area contributed by atoms with E-state index in [1.807, 2.05) is 28.8 Å². The molecule has 2 aromatic rings. The van der Waals surface area contributed by atoms with Crippen molar-refractivity contribution in [2.75, 3.05) is 12.8 Å². The molecule has 0 unspecified atom stereocenters. The molecule has 0 radical (unpaired) electrons. The SMILES string of the molecule is C#CCn1c(C(C)(C)C)nc(-c2cccc(OC)c2)c1N. The van der Waals surface area contributed by atoms with Crippen molar-refractivity contribution >= 4 is 5.82 Å². The van der Waals surface area contributed by atoms with Crippen LogP contribution in [-0.4, -0.2) is 16.7 Å². The minimum atomic E-state index is -0.137. The van der Waals surface area contributed by atoms with E-state index in [4.69, 9.17) is 21.9 Å². The fraction of sp³-hybridized carbons (Fsp3) is 0.353. The zero-order valence-electron chi connectivity index (χ0n) is 13.0. The molecule has 0 aliphatic carbocycles. The Kier molecular flexibility index (Phi) is 3.95. The number of nitrogens with two attached hydrogens (primary N) is 1. The molecule has 4 heteroatoms. The van der Waals surface area contributed by atoms with Crippen molar-refractivity contribution in [3.8, 4) is 29.4 Å². The molecule has 0 saturated heterocycles. The van der Waals surface area contributed by atoms with Gasteiger partial charge in [-0.05, 0) is 12.1 Å². The minimum Gasteiger partial charge on any atom is -0.497 e. The van der Waals surface area contributed by atoms with E-state index in [-0.39, 0.29) is 5.41 Å². The quantitative estimate of drug-likeness (QED) is 0.881. The second-order valence-electron chi connectivity index (χ2n) is 5.94. The third-order valence-corrected chi connectivity index (χ3v) is 3.27. The lowest BCUT2D eigenvalue weighted by Gasteiger charge is -2.18. The molecular weight excluding hydrogens is 262 g/mol. The fourth-order valence-corrected chi connectivity index (χ4v) is 2.27. The predicted molar refractivity (Wildman–Crippen MR) is 86.2 cm³/mol. The number of aromatic nitrogens is 2. The molecule has 0 spiro atoms. The Labute approximate surface area is 125 Å². The van der Waals surface area contributed by atoms with Gasteiger partial charge >= 0.3 is 0 Å². The van der Waals surface area contributed by atoms with Crippen LogP contribution < -0.4 is 10.5 Å². The molecule has 21 heavy (non-hydrogen) atoms. The summed E-state index contributed by atoms with van der Waals surface area (Å²) in [6.07, 6.45) is 5.46. The molecule has 0 aliphatic heterocycles. The van der Waals surface area contributed by atoms with Crippen molar-refractivity contribution in [3.05, 3.63) is 30.1 Å². The molecule has 0 amide bonds. The maximum absolute atomic E-state index is 6.27. The van der Waals surface area contributed by atoms with E-state index in [1.165, 1.54) is 0 Å². The van der Waals surface area contributed by atoms with Crippen molar-refractivity contribution < 1.29 is 4.74 Å². The van der Waals surface area contributed by atoms with Crippen LogP contribution in [0.15, 0.2) is 24.3 Å². The van der Waals surface area contributed by atoms with Gasteiger partial charge in [-0.2, -0.15) is 0 Å². The first-order valence-corrected chi connectivity index (χ1v) is 6.83. The van der Waals surface area contributed by atoms with E-state index in [9.17, 15) is 0 Å². The average Bonchev–Trinajstić information content (AvgIpc) is 2.77. The van der Waals surface area contributed by atoms with E-state index < -0.39 is 0 Å². The Balaban J connectivity index is 2.62. The first-order valence-electron chi connectivity index (χ1n) is 6.83. The first kappa shape index (κ1) is 15.0. The number of imidazole rings is 1. The highest BCUT2D eigenvalue weighted by atomic mass is 16.5. The van der Waals surface area contributed by atoms with Crippen LogP contribution in [0.3, 0.4) is 0 Å². The van der Waals surface area contributed by atoms with Crippen molar-refractivity contribution in [2.45, 2.75) is 32.7 Å². The molecule has 2 rings (SSSR count). The second-order valence-corrected chi connectivity index (χ2v) is 5.94. The van der Waals surface area contributed by atoms with Crippen LogP contribution >= 0.6 is 0 Å². The first-order chi connectivity index (χ1) is 9.88. The number of nitrogens with zero attached hydrogens (tertiary/aromatic N) is 2. The van der Waals surface area contributed by atoms with E-state index >= 15 is 0 Å². The average molecular weight is 283 g/mol. The van der Waals surface area contributed by atoms with E-state index in [0.717, 1.165) is 22.8 Å². The Morgan fingerprint density at radius 3 is 2.67 bits per heavy atom. The summed E-state index contributed by atoms with van der Waals surface area (Å²) >= 11 is 0. The predicted octanol–water partition coefficient (Wildman–Crippen LogP) is 3.07. The number of rotatable bonds is 3. The summed E-state index contributed by atoms with van der Waals surface area (Å²) in [4.78, 5) is 4.73. The molecule has 0 saturated carbocycles. The topological polar surface area (TPSA) is 53.1 Å². The van der Waals surface area contributed by atoms with Crippen molar-refractivity contribution in [1.29, 1.82) is 0 Å². The van der Waals surface area contributed by atoms with Gasteiger partial charge in [0.2, 0.25) is 0 Å². The molecule has 110 valence electrons. The molecule has 0 bridgehead atoms. The summed E-state index contributed by atoms with van der Waals surface area (Å²) in [5.74, 6) is 4.89. The number of ether oxygens (including phenoxy) is 1. The van der Waals surface area contributed by atoms with Crippen LogP contribution in [0.1, 0.15) is 26.6 Å². The Hall–Kier alpha value is -2.41. The molecule has 2 N–H and O–H groups in total. The van der Waals surface area contributed by atoms with Crippen LogP contribution in [0.2, 0.25) is 0 Å². The second kappa shape index (κ2) is 5.53. The van der Waals surface area contributed by atoms with Crippen LogP contribution in [0.5, 0.6) is 5.75 Å². The van der Waals surface area contributed by atoms with Crippen molar-refractivity contribution in [3.63, 3.8) is 0 Å². The Bertz CT molecular complexity index is 687. The zero-order chi connectivity index (χ0) is 15.6. The van der Waals surface area contributed by atoms with Gasteiger partial charge in [0.25, 0.3) is 0 Å². The summed E-state index contributed by atoms with van der Waals surface area (Å²) < 4.78 is 7.16. The Morgan fingerprint density at radius 1 is 1.38 bits per heavy atom. The number of hydrogen-bond donors (Lipinski definition) is 1. The van der Waals surface area contributed by atoms with Gasteiger partial charge < -0.3 is 15.0 Å². The zero-order valence-corrected chi connectivity index (χ0v) is 13.0. The number of terminal acetylenes is 1. The van der Waals surface area contributed by atoms with E-state index in [0.29, 0.717) is 12.4 Å². The summed E-state index contributed by atoms with van der Waals surface area (Å²) in [5, 5.41) is 0. The monoisotopic (exact) mass is 283 g/mol. The lowest BCUT2D eigenvalue weighted by molar-refractivity contribution is 0.415. The van der Waals surface area contributed by atoms with Crippen molar-refractivity contribution in [2.24, 2.45) is 0 Å². The molecule has 0 atom stereocenters. The van der Waals surface area contributed by atoms with Crippen molar-refractivity contribution in [1.82, 2.24) is 9.55 Å². The standard InChI is InChI=1S/C17H21N3O/c1-6-10-20-15(18)14(19-16(20)17(2,3)4)12-8-7-9-13(11-12)21-5/h1,7-9,11H,10,18H2,2-5H3. The number of hydrogen-bond acceptors (Lipinski definition) is 3. The molecule has 1 aromatic heterocycles. The molecule has 1 aromatic carbocycles. The van der Waals surface area contributed by atoms with Gasteiger partial charge in [-0.15, -0.1) is 6.42 Å². The fourth-order valence-electron chi connectivity index (χ4n) is 2.27. The lowest BCUT2D eigenvalue weighted by Crippen LogP contribution is -2.19. The molecule has 0 aliphatic rings. The molecular formula is C17H21N3O. The smallest absolute Gasteiger partial charge is 0.132 e. The number of methoxy groups -OCH3 is 1. The number of nitrogen functional groups attached to an aromatic ring is 1. The summed E-state index contributed by atoms with van der Waals surface area (Å²) in [5.41, 5.74) is 7.81. The number of benzene rings is 1. The highest BCUT2D eigenvalue weighted by Crippen LogP contribution is 2.33. The lowest BCUT2D eigenvalue weighted by atomic mass is 9.95. The summed E-state index contributed by atoms with van der Waals surface area (Å²) in [6.45, 7) is 6.70. The van der Waals surface area contributed by atoms with Gasteiger partial charge in [-0.25, -0.2) is 4.98 Å². The van der Waals surface area contributed by atoms with E-state index in [1.54, 1.807) is 7.11 Å². The third-order valence-electron chi connectivity index (χ3n) is 3.27. The minimum absolute atomic E-state index is 0.137. The normalized spacial score (nSPS) is 11.2. The molecule has 4 nitrogen and oxygen atoms in total. The molecule has 1 heterocycles. The molecule has 0 fully saturated rings. The van der Waals surface area contributed by atoms with Gasteiger partial charge in [0, 0.05) is 11.0 Å². The van der Waals surface area contributed by atoms with Gasteiger partial charge in [0.05, 0.1) is 13.7 Å². The maximum Gasteiger partial charge on any atom is 0.132 e. The van der Waals surface area contributed by atoms with Crippen LogP contribution in [0.25, 0.3) is 11.3 Å². The van der Waals surface area contributed by atoms with Gasteiger partial charge in [-0.3, -0.25) is 0 Å². The van der Waals surface area contributed by atoms with Gasteiger partial charge in [0.1, 0.15) is 23.1 Å². The van der Waals surface area contributed by atoms with Crippen LogP contribution in [-0.2, 0) is 12.0 Å². The van der Waals surface area contributed by atoms with Crippen LogP contribution in [0.4, 0.5) is 5.82 Å².